The minimum absolute atomic E-state index is 0.882. The molecule has 0 unspecified atom stereocenters. The van der Waals surface area contributed by atoms with Gasteiger partial charge in [-0.15, -0.1) is 0 Å². The molecule has 3 aromatic heterocycles. The molecule has 49 heavy (non-hydrogen) atoms. The predicted octanol–water partition coefficient (Wildman–Crippen LogP) is 11.4. The molecule has 0 saturated heterocycles. The van der Waals surface area contributed by atoms with Crippen molar-refractivity contribution in [2.24, 2.45) is 0 Å². The van der Waals surface area contributed by atoms with Gasteiger partial charge in [0, 0.05) is 33.3 Å². The van der Waals surface area contributed by atoms with Gasteiger partial charge in [-0.2, -0.15) is 0 Å². The third-order valence-electron chi connectivity index (χ3n) is 9.65. The summed E-state index contributed by atoms with van der Waals surface area (Å²) in [5, 5.41) is 2.43. The molecule has 4 heteroatoms. The average molecular weight is 627 g/mol. The summed E-state index contributed by atoms with van der Waals surface area (Å²) in [4.78, 5) is 5.55. The van der Waals surface area contributed by atoms with Crippen LogP contribution in [0.15, 0.2) is 182 Å². The second-order valence-electron chi connectivity index (χ2n) is 12.5. The molecule has 10 rings (SSSR count). The predicted molar refractivity (Wildman–Crippen MR) is 203 cm³/mol. The maximum absolute atomic E-state index is 5.55. The van der Waals surface area contributed by atoms with Gasteiger partial charge in [0.15, 0.2) is 0 Å². The summed E-state index contributed by atoms with van der Waals surface area (Å²) in [6, 6.07) is 64.7. The van der Waals surface area contributed by atoms with Gasteiger partial charge in [0.05, 0.1) is 33.5 Å². The third-order valence-corrected chi connectivity index (χ3v) is 9.65. The first-order valence-electron chi connectivity index (χ1n) is 16.7. The highest BCUT2D eigenvalue weighted by atomic mass is 15.2. The number of fused-ring (bicyclic) bond motifs is 6. The second-order valence-corrected chi connectivity index (χ2v) is 12.5. The Bertz CT molecular complexity index is 2790. The number of hydrogen-bond acceptors (Lipinski definition) is 1. The number of nitrogens with zero attached hydrogens (tertiary/aromatic N) is 4. The van der Waals surface area contributed by atoms with E-state index >= 15 is 0 Å². The zero-order chi connectivity index (χ0) is 32.3. The summed E-state index contributed by atoms with van der Waals surface area (Å²) in [5.41, 5.74) is 13.4. The molecule has 0 aliphatic carbocycles. The molecule has 4 nitrogen and oxygen atoms in total. The summed E-state index contributed by atoms with van der Waals surface area (Å²) in [7, 11) is 0. The molecule has 0 radical (unpaired) electrons. The molecular weight excluding hydrogens is 597 g/mol. The van der Waals surface area contributed by atoms with Crippen LogP contribution in [0.3, 0.4) is 0 Å². The monoisotopic (exact) mass is 626 g/mol. The molecular formula is C45H30N4. The molecule has 3 heterocycles. The summed E-state index contributed by atoms with van der Waals surface area (Å²) in [5.74, 6) is 0.882. The fourth-order valence-corrected chi connectivity index (χ4v) is 7.47. The molecule has 0 N–H and O–H groups in total. The highest BCUT2D eigenvalue weighted by Crippen LogP contribution is 2.41. The molecule has 230 valence electrons. The van der Waals surface area contributed by atoms with E-state index in [1.165, 1.54) is 32.9 Å². The third kappa shape index (κ3) is 4.28. The average Bonchev–Trinajstić information content (AvgIpc) is 3.83. The molecule has 0 amide bonds. The van der Waals surface area contributed by atoms with Crippen molar-refractivity contribution in [3.63, 3.8) is 0 Å². The van der Waals surface area contributed by atoms with Gasteiger partial charge in [-0.3, -0.25) is 8.97 Å². The van der Waals surface area contributed by atoms with Gasteiger partial charge in [0.2, 0.25) is 5.78 Å². The Labute approximate surface area is 283 Å². The smallest absolute Gasteiger partial charge is 0.220 e. The number of rotatable bonds is 5. The molecule has 0 saturated carbocycles. The molecule has 0 bridgehead atoms. The Kier molecular flexibility index (Phi) is 6.15. The van der Waals surface area contributed by atoms with Crippen LogP contribution in [-0.4, -0.2) is 18.5 Å². The Morgan fingerprint density at radius 3 is 1.61 bits per heavy atom. The first-order chi connectivity index (χ1) is 24.3. The van der Waals surface area contributed by atoms with Gasteiger partial charge < -0.3 is 4.57 Å². The zero-order valence-electron chi connectivity index (χ0n) is 26.6. The summed E-state index contributed by atoms with van der Waals surface area (Å²) in [6.07, 6.45) is 0. The number of benzene rings is 7. The van der Waals surface area contributed by atoms with Crippen LogP contribution < -0.4 is 0 Å². The van der Waals surface area contributed by atoms with E-state index in [1.54, 1.807) is 0 Å². The molecule has 0 fully saturated rings. The highest BCUT2D eigenvalue weighted by Gasteiger charge is 2.24. The van der Waals surface area contributed by atoms with Crippen LogP contribution in [0, 0.1) is 0 Å². The topological polar surface area (TPSA) is 27.2 Å². The highest BCUT2D eigenvalue weighted by molar-refractivity contribution is 6.11. The van der Waals surface area contributed by atoms with Crippen molar-refractivity contribution >= 4 is 38.6 Å². The number of aromatic nitrogens is 4. The lowest BCUT2D eigenvalue weighted by Gasteiger charge is -2.09. The molecule has 0 spiro atoms. The van der Waals surface area contributed by atoms with Crippen LogP contribution in [0.5, 0.6) is 0 Å². The maximum atomic E-state index is 5.55. The van der Waals surface area contributed by atoms with Crippen molar-refractivity contribution in [3.05, 3.63) is 182 Å². The molecule has 0 atom stereocenters. The van der Waals surface area contributed by atoms with Gasteiger partial charge in [-0.05, 0) is 65.7 Å². The number of hydrogen-bond donors (Lipinski definition) is 0. The van der Waals surface area contributed by atoms with Crippen LogP contribution in [-0.2, 0) is 0 Å². The number of para-hydroxylation sites is 3. The standard InChI is InChI=1S/C45H30N4/c1-5-15-31(16-6-1)33-25-28-41-42(30-33)49-44(32-17-7-2-8-18-32)43(46-45(49)48(41)36-21-11-4-12-22-36)34-26-27-40-38(29-34)37-23-13-14-24-39(37)47(40)35-19-9-3-10-20-35/h1-30H. The molecule has 10 aromatic rings. The van der Waals surface area contributed by atoms with Crippen LogP contribution >= 0.6 is 0 Å². The largest absolute Gasteiger partial charge is 0.309 e. The van der Waals surface area contributed by atoms with E-state index in [2.05, 4.69) is 196 Å². The fourth-order valence-electron chi connectivity index (χ4n) is 7.47. The van der Waals surface area contributed by atoms with Gasteiger partial charge in [-0.1, -0.05) is 127 Å². The SMILES string of the molecule is c1ccc(-c2ccc3c(c2)n2c(-c4ccccc4)c(-c4ccc5c(c4)c4ccccc4n5-c4ccccc4)nc2n3-c2ccccc2)cc1. The molecule has 0 aliphatic rings. The van der Waals surface area contributed by atoms with Gasteiger partial charge >= 0.3 is 0 Å². The van der Waals surface area contributed by atoms with E-state index in [0.717, 1.165) is 50.7 Å². The van der Waals surface area contributed by atoms with Gasteiger partial charge in [0.1, 0.15) is 0 Å². The van der Waals surface area contributed by atoms with Crippen LogP contribution in [0.25, 0.3) is 83.6 Å². The van der Waals surface area contributed by atoms with Gasteiger partial charge in [-0.25, -0.2) is 4.98 Å². The van der Waals surface area contributed by atoms with Crippen LogP contribution in [0.2, 0.25) is 0 Å². The van der Waals surface area contributed by atoms with Crippen LogP contribution in [0.4, 0.5) is 0 Å². The Hall–Kier alpha value is -6.65. The van der Waals surface area contributed by atoms with Crippen LogP contribution in [0.1, 0.15) is 0 Å². The fraction of sp³-hybridized carbons (Fsp3) is 0. The Morgan fingerprint density at radius 1 is 0.347 bits per heavy atom. The Balaban J connectivity index is 1.31. The lowest BCUT2D eigenvalue weighted by Crippen LogP contribution is -1.94. The van der Waals surface area contributed by atoms with E-state index in [4.69, 9.17) is 4.98 Å². The van der Waals surface area contributed by atoms with Crippen molar-refractivity contribution < 1.29 is 0 Å². The maximum Gasteiger partial charge on any atom is 0.220 e. The van der Waals surface area contributed by atoms with E-state index in [9.17, 15) is 0 Å². The van der Waals surface area contributed by atoms with E-state index in [0.29, 0.717) is 0 Å². The normalized spacial score (nSPS) is 11.7. The van der Waals surface area contributed by atoms with E-state index in [-0.39, 0.29) is 0 Å². The number of imidazole rings is 2. The lowest BCUT2D eigenvalue weighted by molar-refractivity contribution is 1.10. The van der Waals surface area contributed by atoms with Gasteiger partial charge in [0.25, 0.3) is 0 Å². The summed E-state index contributed by atoms with van der Waals surface area (Å²) >= 11 is 0. The van der Waals surface area contributed by atoms with Crippen molar-refractivity contribution in [1.29, 1.82) is 0 Å². The lowest BCUT2D eigenvalue weighted by atomic mass is 10.0. The quantitative estimate of drug-likeness (QED) is 0.187. The molecule has 0 aliphatic heterocycles. The summed E-state index contributed by atoms with van der Waals surface area (Å²) in [6.45, 7) is 0. The minimum atomic E-state index is 0.882. The van der Waals surface area contributed by atoms with Crippen molar-refractivity contribution in [1.82, 2.24) is 18.5 Å². The minimum Gasteiger partial charge on any atom is -0.309 e. The Morgan fingerprint density at radius 2 is 0.898 bits per heavy atom. The van der Waals surface area contributed by atoms with E-state index in [1.807, 2.05) is 0 Å². The first-order valence-corrected chi connectivity index (χ1v) is 16.7. The van der Waals surface area contributed by atoms with Crippen molar-refractivity contribution in [2.75, 3.05) is 0 Å². The molecule has 7 aromatic carbocycles. The summed E-state index contributed by atoms with van der Waals surface area (Å²) < 4.78 is 7.01. The first kappa shape index (κ1) is 27.5. The second kappa shape index (κ2) is 11.0. The van der Waals surface area contributed by atoms with Crippen molar-refractivity contribution in [3.8, 4) is 45.0 Å². The van der Waals surface area contributed by atoms with E-state index < -0.39 is 0 Å². The van der Waals surface area contributed by atoms with Crippen molar-refractivity contribution in [2.45, 2.75) is 0 Å². The zero-order valence-corrected chi connectivity index (χ0v) is 26.6.